The second kappa shape index (κ2) is 7.38. The summed E-state index contributed by atoms with van der Waals surface area (Å²) in [4.78, 5) is 11.8. The Morgan fingerprint density at radius 2 is 2.28 bits per heavy atom. The lowest BCUT2D eigenvalue weighted by Crippen LogP contribution is -2.27. The molecular formula is C12H20ClN3O2. The van der Waals surface area contributed by atoms with Crippen molar-refractivity contribution in [3.63, 3.8) is 0 Å². The fraction of sp³-hybridized carbons (Fsp3) is 0.667. The zero-order valence-electron chi connectivity index (χ0n) is 10.8. The Kier molecular flexibility index (Phi) is 6.15. The summed E-state index contributed by atoms with van der Waals surface area (Å²) in [7, 11) is 0. The summed E-state index contributed by atoms with van der Waals surface area (Å²) in [5, 5.41) is 16.1. The monoisotopic (exact) mass is 273 g/mol. The Labute approximate surface area is 112 Å². The molecule has 0 aliphatic rings. The van der Waals surface area contributed by atoms with Crippen LogP contribution in [-0.4, -0.2) is 27.5 Å². The van der Waals surface area contributed by atoms with Crippen molar-refractivity contribution in [2.24, 2.45) is 0 Å². The van der Waals surface area contributed by atoms with Crippen LogP contribution in [0, 0.1) is 0 Å². The average molecular weight is 274 g/mol. The SMILES string of the molecule is CCCC(CC)Nc1cnn(CCO)c(=O)c1Cl. The van der Waals surface area contributed by atoms with E-state index in [1.807, 2.05) is 0 Å². The van der Waals surface area contributed by atoms with Gasteiger partial charge in [-0.2, -0.15) is 5.10 Å². The number of nitrogens with one attached hydrogen (secondary N) is 1. The first-order chi connectivity index (χ1) is 8.63. The summed E-state index contributed by atoms with van der Waals surface area (Å²) in [6.45, 7) is 4.22. The molecule has 5 nitrogen and oxygen atoms in total. The summed E-state index contributed by atoms with van der Waals surface area (Å²) in [5.41, 5.74) is 0.193. The molecule has 1 heterocycles. The number of anilines is 1. The van der Waals surface area contributed by atoms with E-state index >= 15 is 0 Å². The molecule has 102 valence electrons. The van der Waals surface area contributed by atoms with Crippen LogP contribution in [0.5, 0.6) is 0 Å². The minimum Gasteiger partial charge on any atom is -0.394 e. The van der Waals surface area contributed by atoms with Crippen LogP contribution in [0.1, 0.15) is 33.1 Å². The van der Waals surface area contributed by atoms with Gasteiger partial charge in [-0.15, -0.1) is 0 Å². The minimum atomic E-state index is -0.373. The predicted molar refractivity (Wildman–Crippen MR) is 73.2 cm³/mol. The molecule has 1 atom stereocenters. The molecule has 0 saturated carbocycles. The molecule has 6 heteroatoms. The van der Waals surface area contributed by atoms with E-state index in [0.717, 1.165) is 23.9 Å². The Morgan fingerprint density at radius 1 is 1.56 bits per heavy atom. The largest absolute Gasteiger partial charge is 0.394 e. The molecule has 1 unspecified atom stereocenters. The highest BCUT2D eigenvalue weighted by Gasteiger charge is 2.12. The van der Waals surface area contributed by atoms with Crippen molar-refractivity contribution in [3.8, 4) is 0 Å². The van der Waals surface area contributed by atoms with Crippen molar-refractivity contribution >= 4 is 17.3 Å². The van der Waals surface area contributed by atoms with Gasteiger partial charge in [-0.3, -0.25) is 4.79 Å². The van der Waals surface area contributed by atoms with Crippen molar-refractivity contribution in [2.45, 2.75) is 45.7 Å². The highest BCUT2D eigenvalue weighted by atomic mass is 35.5. The zero-order valence-corrected chi connectivity index (χ0v) is 11.6. The first kappa shape index (κ1) is 15.0. The number of aromatic nitrogens is 2. The summed E-state index contributed by atoms with van der Waals surface area (Å²) < 4.78 is 1.16. The minimum absolute atomic E-state index is 0.132. The molecule has 2 N–H and O–H groups in total. The van der Waals surface area contributed by atoms with Gasteiger partial charge in [0.1, 0.15) is 5.02 Å². The number of nitrogens with zero attached hydrogens (tertiary/aromatic N) is 2. The molecule has 0 spiro atoms. The normalized spacial score (nSPS) is 12.4. The predicted octanol–water partition coefficient (Wildman–Crippen LogP) is 1.88. The summed E-state index contributed by atoms with van der Waals surface area (Å²) in [6.07, 6.45) is 4.59. The Balaban J connectivity index is 2.91. The van der Waals surface area contributed by atoms with Gasteiger partial charge in [0.25, 0.3) is 5.56 Å². The van der Waals surface area contributed by atoms with E-state index in [2.05, 4.69) is 24.3 Å². The van der Waals surface area contributed by atoms with Crippen molar-refractivity contribution in [1.29, 1.82) is 0 Å². The number of rotatable bonds is 7. The van der Waals surface area contributed by atoms with E-state index in [4.69, 9.17) is 16.7 Å². The van der Waals surface area contributed by atoms with E-state index in [-0.39, 0.29) is 23.7 Å². The van der Waals surface area contributed by atoms with Gasteiger partial charge in [-0.1, -0.05) is 31.9 Å². The van der Waals surface area contributed by atoms with Crippen molar-refractivity contribution in [2.75, 3.05) is 11.9 Å². The highest BCUT2D eigenvalue weighted by Crippen LogP contribution is 2.18. The van der Waals surface area contributed by atoms with E-state index < -0.39 is 0 Å². The maximum atomic E-state index is 11.8. The lowest BCUT2D eigenvalue weighted by molar-refractivity contribution is 0.266. The fourth-order valence-electron chi connectivity index (χ4n) is 1.77. The number of aliphatic hydroxyl groups is 1. The molecule has 0 fully saturated rings. The van der Waals surface area contributed by atoms with Crippen LogP contribution in [0.3, 0.4) is 0 Å². The van der Waals surface area contributed by atoms with Gasteiger partial charge in [0, 0.05) is 6.04 Å². The van der Waals surface area contributed by atoms with Gasteiger partial charge in [-0.05, 0) is 12.8 Å². The number of hydrogen-bond acceptors (Lipinski definition) is 4. The number of hydrogen-bond donors (Lipinski definition) is 2. The van der Waals surface area contributed by atoms with Crippen LogP contribution in [0.2, 0.25) is 5.02 Å². The van der Waals surface area contributed by atoms with Gasteiger partial charge in [0.15, 0.2) is 0 Å². The molecule has 1 rings (SSSR count). The molecule has 0 saturated heterocycles. The van der Waals surface area contributed by atoms with E-state index in [0.29, 0.717) is 11.7 Å². The van der Waals surface area contributed by atoms with Gasteiger partial charge in [0.05, 0.1) is 25.0 Å². The molecule has 1 aromatic rings. The Bertz CT molecular complexity index is 434. The quantitative estimate of drug-likeness (QED) is 0.796. The van der Waals surface area contributed by atoms with Crippen LogP contribution in [0.4, 0.5) is 5.69 Å². The molecule has 1 aromatic heterocycles. The molecule has 0 bridgehead atoms. The van der Waals surface area contributed by atoms with E-state index in [1.165, 1.54) is 6.20 Å². The number of aliphatic hydroxyl groups excluding tert-OH is 1. The summed E-state index contributed by atoms with van der Waals surface area (Å²) >= 11 is 6.02. The van der Waals surface area contributed by atoms with Gasteiger partial charge < -0.3 is 10.4 Å². The van der Waals surface area contributed by atoms with Crippen molar-refractivity contribution < 1.29 is 5.11 Å². The standard InChI is InChI=1S/C12H20ClN3O2/c1-3-5-9(4-2)15-10-8-14-16(6-7-17)12(18)11(10)13/h8-9,15,17H,3-7H2,1-2H3. The van der Waals surface area contributed by atoms with Crippen LogP contribution >= 0.6 is 11.6 Å². The smallest absolute Gasteiger partial charge is 0.287 e. The van der Waals surface area contributed by atoms with Crippen LogP contribution in [-0.2, 0) is 6.54 Å². The van der Waals surface area contributed by atoms with E-state index in [9.17, 15) is 4.79 Å². The first-order valence-electron chi connectivity index (χ1n) is 6.27. The maximum Gasteiger partial charge on any atom is 0.287 e. The zero-order chi connectivity index (χ0) is 13.5. The lowest BCUT2D eigenvalue weighted by atomic mass is 10.1. The van der Waals surface area contributed by atoms with Gasteiger partial charge in [-0.25, -0.2) is 4.68 Å². The average Bonchev–Trinajstić information content (AvgIpc) is 2.37. The topological polar surface area (TPSA) is 67.2 Å². The van der Waals surface area contributed by atoms with Crippen LogP contribution in [0.25, 0.3) is 0 Å². The van der Waals surface area contributed by atoms with Crippen molar-refractivity contribution in [1.82, 2.24) is 9.78 Å². The molecule has 0 aliphatic carbocycles. The third kappa shape index (κ3) is 3.71. The third-order valence-electron chi connectivity index (χ3n) is 2.79. The summed E-state index contributed by atoms with van der Waals surface area (Å²) in [6, 6.07) is 0.294. The Hall–Kier alpha value is -1.07. The number of halogens is 1. The van der Waals surface area contributed by atoms with Crippen molar-refractivity contribution in [3.05, 3.63) is 21.6 Å². The second-order valence-corrected chi connectivity index (χ2v) is 4.54. The molecule has 0 aromatic carbocycles. The van der Waals surface area contributed by atoms with Crippen LogP contribution < -0.4 is 10.9 Å². The molecular weight excluding hydrogens is 254 g/mol. The third-order valence-corrected chi connectivity index (χ3v) is 3.15. The maximum absolute atomic E-state index is 11.8. The Morgan fingerprint density at radius 3 is 2.83 bits per heavy atom. The van der Waals surface area contributed by atoms with Gasteiger partial charge in [0.2, 0.25) is 0 Å². The van der Waals surface area contributed by atoms with E-state index in [1.54, 1.807) is 0 Å². The molecule has 0 radical (unpaired) electrons. The fourth-order valence-corrected chi connectivity index (χ4v) is 1.97. The second-order valence-electron chi connectivity index (χ2n) is 4.16. The molecule has 18 heavy (non-hydrogen) atoms. The van der Waals surface area contributed by atoms with Gasteiger partial charge >= 0.3 is 0 Å². The molecule has 0 aliphatic heterocycles. The lowest BCUT2D eigenvalue weighted by Gasteiger charge is -2.18. The molecule has 0 amide bonds. The summed E-state index contributed by atoms with van der Waals surface area (Å²) in [5.74, 6) is 0. The highest BCUT2D eigenvalue weighted by molar-refractivity contribution is 6.32. The van der Waals surface area contributed by atoms with Crippen LogP contribution in [0.15, 0.2) is 11.0 Å². The first-order valence-corrected chi connectivity index (χ1v) is 6.64.